The van der Waals surface area contributed by atoms with Crippen LogP contribution in [0.3, 0.4) is 0 Å². The summed E-state index contributed by atoms with van der Waals surface area (Å²) in [5.74, 6) is -0.978. The lowest BCUT2D eigenvalue weighted by Gasteiger charge is -2.18. The average Bonchev–Trinajstić information content (AvgIpc) is 2.46. The van der Waals surface area contributed by atoms with Crippen LogP contribution in [0.1, 0.15) is 6.42 Å². The third-order valence-corrected chi connectivity index (χ3v) is 2.18. The molecule has 0 aromatic heterocycles. The molecule has 1 heterocycles. The molecule has 1 amide bonds. The molecule has 2 atom stereocenters. The fourth-order valence-corrected chi connectivity index (χ4v) is 1.51. The first-order valence-corrected chi connectivity index (χ1v) is 4.28. The van der Waals surface area contributed by atoms with Crippen molar-refractivity contribution in [3.05, 3.63) is 0 Å². The standard InChI is InChI=1S/C7H8ClF2NO2/c8-2-6(12)11-3-4(9)1-5(11)7(10)13/h4-5H,1-3H2/t4-,5-/m0/s1. The van der Waals surface area contributed by atoms with E-state index in [0.29, 0.717) is 0 Å². The van der Waals surface area contributed by atoms with Crippen molar-refractivity contribution in [3.63, 3.8) is 0 Å². The average molecular weight is 212 g/mol. The quantitative estimate of drug-likeness (QED) is 0.497. The van der Waals surface area contributed by atoms with Crippen molar-refractivity contribution >= 4 is 23.5 Å². The van der Waals surface area contributed by atoms with Crippen LogP contribution in [0.5, 0.6) is 0 Å². The van der Waals surface area contributed by atoms with E-state index in [1.807, 2.05) is 0 Å². The minimum atomic E-state index is -1.68. The van der Waals surface area contributed by atoms with Crippen LogP contribution in [0, 0.1) is 0 Å². The van der Waals surface area contributed by atoms with Gasteiger partial charge in [-0.2, -0.15) is 4.39 Å². The number of alkyl halides is 2. The van der Waals surface area contributed by atoms with Gasteiger partial charge in [-0.1, -0.05) is 0 Å². The first-order chi connectivity index (χ1) is 6.06. The van der Waals surface area contributed by atoms with Gasteiger partial charge < -0.3 is 4.90 Å². The largest absolute Gasteiger partial charge is 0.326 e. The van der Waals surface area contributed by atoms with Gasteiger partial charge >= 0.3 is 6.04 Å². The lowest BCUT2D eigenvalue weighted by molar-refractivity contribution is -0.141. The normalized spacial score (nSPS) is 27.8. The van der Waals surface area contributed by atoms with Gasteiger partial charge in [0.1, 0.15) is 18.1 Å². The molecule has 1 aliphatic heterocycles. The Balaban J connectivity index is 2.71. The maximum atomic E-state index is 12.7. The van der Waals surface area contributed by atoms with Crippen LogP contribution in [0.25, 0.3) is 0 Å². The van der Waals surface area contributed by atoms with Crippen LogP contribution in [0.15, 0.2) is 0 Å². The molecule has 3 nitrogen and oxygen atoms in total. The summed E-state index contributed by atoms with van der Waals surface area (Å²) >= 11 is 5.20. The third kappa shape index (κ3) is 2.15. The van der Waals surface area contributed by atoms with Crippen LogP contribution in [-0.2, 0) is 9.59 Å². The molecule has 0 N–H and O–H groups in total. The summed E-state index contributed by atoms with van der Waals surface area (Å²) in [5.41, 5.74) is 0. The number of hydrogen-bond donors (Lipinski definition) is 0. The number of hydrogen-bond acceptors (Lipinski definition) is 2. The van der Waals surface area contributed by atoms with Crippen LogP contribution in [0.4, 0.5) is 8.78 Å². The van der Waals surface area contributed by atoms with Gasteiger partial charge in [0.15, 0.2) is 0 Å². The Morgan fingerprint density at radius 3 is 2.62 bits per heavy atom. The van der Waals surface area contributed by atoms with E-state index in [2.05, 4.69) is 0 Å². The molecular weight excluding hydrogens is 204 g/mol. The molecule has 1 saturated heterocycles. The third-order valence-electron chi connectivity index (χ3n) is 1.95. The van der Waals surface area contributed by atoms with Gasteiger partial charge in [0.25, 0.3) is 0 Å². The zero-order chi connectivity index (χ0) is 10.0. The Morgan fingerprint density at radius 2 is 2.15 bits per heavy atom. The second-order valence-corrected chi connectivity index (χ2v) is 3.10. The minimum Gasteiger partial charge on any atom is -0.326 e. The van der Waals surface area contributed by atoms with E-state index in [1.54, 1.807) is 0 Å². The van der Waals surface area contributed by atoms with E-state index in [0.717, 1.165) is 4.90 Å². The highest BCUT2D eigenvalue weighted by molar-refractivity contribution is 6.27. The van der Waals surface area contributed by atoms with Crippen molar-refractivity contribution in [2.75, 3.05) is 12.4 Å². The molecule has 74 valence electrons. The lowest BCUT2D eigenvalue weighted by atomic mass is 10.2. The number of nitrogens with zero attached hydrogens (tertiary/aromatic N) is 1. The summed E-state index contributed by atoms with van der Waals surface area (Å²) in [7, 11) is 0. The highest BCUT2D eigenvalue weighted by Crippen LogP contribution is 2.21. The summed E-state index contributed by atoms with van der Waals surface area (Å²) in [4.78, 5) is 22.2. The topological polar surface area (TPSA) is 37.4 Å². The number of amides is 1. The predicted octanol–water partition coefficient (Wildman–Crippen LogP) is 0.660. The smallest absolute Gasteiger partial charge is 0.323 e. The SMILES string of the molecule is O=C(F)[C@@H]1C[C@H](F)CN1C(=O)CCl. The molecule has 0 aromatic rings. The fourth-order valence-electron chi connectivity index (χ4n) is 1.35. The predicted molar refractivity (Wildman–Crippen MR) is 41.8 cm³/mol. The molecule has 0 spiro atoms. The lowest BCUT2D eigenvalue weighted by Crippen LogP contribution is -2.39. The van der Waals surface area contributed by atoms with Crippen LogP contribution in [0.2, 0.25) is 0 Å². The first kappa shape index (κ1) is 10.4. The second-order valence-electron chi connectivity index (χ2n) is 2.83. The molecule has 1 rings (SSSR count). The Morgan fingerprint density at radius 1 is 1.54 bits per heavy atom. The van der Waals surface area contributed by atoms with Gasteiger partial charge in [0.2, 0.25) is 5.91 Å². The molecule has 0 radical (unpaired) electrons. The zero-order valence-electron chi connectivity index (χ0n) is 6.67. The van der Waals surface area contributed by atoms with Crippen molar-refractivity contribution in [2.24, 2.45) is 0 Å². The van der Waals surface area contributed by atoms with Gasteiger partial charge in [-0.15, -0.1) is 11.6 Å². The van der Waals surface area contributed by atoms with Crippen molar-refractivity contribution in [2.45, 2.75) is 18.6 Å². The molecule has 0 bridgehead atoms. The van der Waals surface area contributed by atoms with Gasteiger partial charge in [0.05, 0.1) is 6.54 Å². The molecule has 1 fully saturated rings. The number of rotatable bonds is 2. The molecule has 0 saturated carbocycles. The summed E-state index contributed by atoms with van der Waals surface area (Å²) in [6.45, 7) is -0.244. The van der Waals surface area contributed by atoms with E-state index in [9.17, 15) is 18.4 Å². The van der Waals surface area contributed by atoms with Crippen molar-refractivity contribution < 1.29 is 18.4 Å². The Kier molecular flexibility index (Phi) is 3.19. The van der Waals surface area contributed by atoms with Crippen LogP contribution < -0.4 is 0 Å². The summed E-state index contributed by atoms with van der Waals surface area (Å²) in [6.07, 6.45) is -1.60. The summed E-state index contributed by atoms with van der Waals surface area (Å²) in [5, 5.41) is 0. The van der Waals surface area contributed by atoms with E-state index in [-0.39, 0.29) is 18.8 Å². The monoisotopic (exact) mass is 211 g/mol. The second kappa shape index (κ2) is 4.00. The van der Waals surface area contributed by atoms with E-state index in [1.165, 1.54) is 0 Å². The molecule has 13 heavy (non-hydrogen) atoms. The van der Waals surface area contributed by atoms with Gasteiger partial charge in [0, 0.05) is 6.42 Å². The highest BCUT2D eigenvalue weighted by atomic mass is 35.5. The molecule has 0 aliphatic carbocycles. The highest BCUT2D eigenvalue weighted by Gasteiger charge is 2.39. The van der Waals surface area contributed by atoms with Crippen molar-refractivity contribution in [3.8, 4) is 0 Å². The zero-order valence-corrected chi connectivity index (χ0v) is 7.43. The molecule has 6 heteroatoms. The van der Waals surface area contributed by atoms with E-state index in [4.69, 9.17) is 11.6 Å². The van der Waals surface area contributed by atoms with Gasteiger partial charge in [-0.05, 0) is 0 Å². The first-order valence-electron chi connectivity index (χ1n) is 3.75. The van der Waals surface area contributed by atoms with Gasteiger partial charge in [-0.3, -0.25) is 9.59 Å². The molecule has 1 aliphatic rings. The van der Waals surface area contributed by atoms with Crippen molar-refractivity contribution in [1.29, 1.82) is 0 Å². The Bertz CT molecular complexity index is 237. The molecule has 0 unspecified atom stereocenters. The fraction of sp³-hybridized carbons (Fsp3) is 0.714. The molecular formula is C7H8ClF2NO2. The van der Waals surface area contributed by atoms with Crippen LogP contribution in [-0.4, -0.2) is 41.5 Å². The molecule has 0 aromatic carbocycles. The maximum absolute atomic E-state index is 12.7. The number of likely N-dealkylation sites (tertiary alicyclic amines) is 1. The van der Waals surface area contributed by atoms with E-state index < -0.39 is 24.2 Å². The summed E-state index contributed by atoms with van der Waals surface area (Å²) < 4.78 is 25.0. The van der Waals surface area contributed by atoms with Gasteiger partial charge in [-0.25, -0.2) is 4.39 Å². The Hall–Kier alpha value is -0.710. The van der Waals surface area contributed by atoms with E-state index >= 15 is 0 Å². The van der Waals surface area contributed by atoms with Crippen LogP contribution >= 0.6 is 11.6 Å². The van der Waals surface area contributed by atoms with Crippen molar-refractivity contribution in [1.82, 2.24) is 4.90 Å². The number of carbonyl (C=O) groups excluding carboxylic acids is 2. The number of carbonyl (C=O) groups is 2. The minimum absolute atomic E-state index is 0.244. The summed E-state index contributed by atoms with van der Waals surface area (Å²) in [6, 6.07) is -2.96. The maximum Gasteiger partial charge on any atom is 0.323 e. The number of halogens is 3. The Labute approximate surface area is 78.6 Å².